The third-order valence-corrected chi connectivity index (χ3v) is 5.27. The van der Waals surface area contributed by atoms with Crippen molar-refractivity contribution in [2.75, 3.05) is 0 Å². The molecule has 0 aliphatic heterocycles. The molecule has 0 bridgehead atoms. The maximum absolute atomic E-state index is 9.57. The van der Waals surface area contributed by atoms with Crippen molar-refractivity contribution in [2.45, 2.75) is 0 Å². The molecule has 4 heteroatoms. The summed E-state index contributed by atoms with van der Waals surface area (Å²) in [4.78, 5) is 8.24. The molecule has 0 radical (unpaired) electrons. The number of hydrogen-bond acceptors (Lipinski definition) is 3. The molecule has 0 aliphatic carbocycles. The number of rotatable bonds is 2. The average Bonchev–Trinajstić information content (AvgIpc) is 3.23. The molecule has 0 saturated carbocycles. The van der Waals surface area contributed by atoms with Crippen LogP contribution in [0.3, 0.4) is 0 Å². The summed E-state index contributed by atoms with van der Waals surface area (Å²) in [6.07, 6.45) is 1.83. The number of H-pyrrole nitrogens is 1. The summed E-state index contributed by atoms with van der Waals surface area (Å²) in [7, 11) is 0. The fourth-order valence-corrected chi connectivity index (χ4v) is 3.93. The molecule has 1 N–H and O–H groups in total. The summed E-state index contributed by atoms with van der Waals surface area (Å²) < 4.78 is 0. The second-order valence-electron chi connectivity index (χ2n) is 6.82. The van der Waals surface area contributed by atoms with Crippen molar-refractivity contribution in [3.63, 3.8) is 0 Å². The van der Waals surface area contributed by atoms with E-state index in [0.717, 1.165) is 38.1 Å². The number of nitrogens with one attached hydrogen (secondary N) is 1. The fraction of sp³-hybridized carbons (Fsp3) is 0. The lowest BCUT2D eigenvalue weighted by Gasteiger charge is -2.07. The van der Waals surface area contributed by atoms with Crippen LogP contribution in [0, 0.1) is 22.7 Å². The van der Waals surface area contributed by atoms with Gasteiger partial charge in [-0.3, -0.25) is 0 Å². The van der Waals surface area contributed by atoms with E-state index in [2.05, 4.69) is 41.9 Å². The molecule has 0 aliphatic rings. The van der Waals surface area contributed by atoms with Crippen molar-refractivity contribution in [1.29, 1.82) is 10.5 Å². The monoisotopic (exact) mass is 370 g/mol. The first-order valence-corrected chi connectivity index (χ1v) is 9.15. The van der Waals surface area contributed by atoms with Crippen molar-refractivity contribution < 1.29 is 0 Å². The number of nitriles is 2. The van der Waals surface area contributed by atoms with Gasteiger partial charge in [-0.15, -0.1) is 0 Å². The van der Waals surface area contributed by atoms with Crippen molar-refractivity contribution >= 4 is 38.7 Å². The second-order valence-corrected chi connectivity index (χ2v) is 6.82. The van der Waals surface area contributed by atoms with Crippen molar-refractivity contribution in [1.82, 2.24) is 9.97 Å². The Labute approximate surface area is 167 Å². The molecule has 4 aromatic carbocycles. The Morgan fingerprint density at radius 2 is 1.55 bits per heavy atom. The van der Waals surface area contributed by atoms with Gasteiger partial charge in [0.25, 0.3) is 0 Å². The van der Waals surface area contributed by atoms with Crippen LogP contribution in [0.1, 0.15) is 16.7 Å². The van der Waals surface area contributed by atoms with E-state index in [4.69, 9.17) is 4.98 Å². The van der Waals surface area contributed by atoms with E-state index < -0.39 is 0 Å². The Morgan fingerprint density at radius 1 is 0.828 bits per heavy atom. The zero-order chi connectivity index (χ0) is 20.0. The molecule has 0 atom stereocenters. The number of imidazole rings is 1. The van der Waals surface area contributed by atoms with Crippen molar-refractivity contribution in [3.8, 4) is 23.5 Å². The van der Waals surface area contributed by atoms with Gasteiger partial charge >= 0.3 is 0 Å². The molecule has 0 unspecified atom stereocenters. The molecule has 5 rings (SSSR count). The molecule has 134 valence electrons. The molecule has 29 heavy (non-hydrogen) atoms. The Bertz CT molecular complexity index is 1510. The minimum absolute atomic E-state index is 0.422. The zero-order valence-electron chi connectivity index (χ0n) is 15.4. The summed E-state index contributed by atoms with van der Waals surface area (Å²) >= 11 is 0. The van der Waals surface area contributed by atoms with Crippen LogP contribution < -0.4 is 0 Å². The van der Waals surface area contributed by atoms with E-state index in [1.165, 1.54) is 0 Å². The molecule has 1 heterocycles. The highest BCUT2D eigenvalue weighted by molar-refractivity contribution is 6.23. The first kappa shape index (κ1) is 16.7. The molecule has 0 saturated heterocycles. The fourth-order valence-electron chi connectivity index (χ4n) is 3.93. The van der Waals surface area contributed by atoms with Gasteiger partial charge < -0.3 is 4.98 Å². The Hall–Kier alpha value is -4.41. The maximum Gasteiger partial charge on any atom is 0.141 e. The minimum atomic E-state index is 0.422. The smallest absolute Gasteiger partial charge is 0.141 e. The number of nitrogens with zero attached hydrogens (tertiary/aromatic N) is 3. The number of aromatic nitrogens is 2. The standard InChI is InChI=1S/C25H14N4/c1-2-15-10-11-20-21(12-15)18-8-3-4-9-19(18)23-24(20)29-25(28-23)22-16(13-26)6-5-7-17(22)14-27/h2-12H,1H2,(H,28,29). The van der Waals surface area contributed by atoms with Gasteiger partial charge in [-0.2, -0.15) is 10.5 Å². The highest BCUT2D eigenvalue weighted by atomic mass is 14.9. The lowest BCUT2D eigenvalue weighted by atomic mass is 9.98. The molecule has 0 fully saturated rings. The SMILES string of the molecule is C=Cc1ccc2c(c1)c1ccccc1c1nc(-c3c(C#N)cccc3C#N)[nH]c21. The Balaban J connectivity index is 1.96. The van der Waals surface area contributed by atoms with Gasteiger partial charge in [-0.25, -0.2) is 4.98 Å². The molecular weight excluding hydrogens is 356 g/mol. The van der Waals surface area contributed by atoms with E-state index in [-0.39, 0.29) is 0 Å². The average molecular weight is 370 g/mol. The molecular formula is C25H14N4. The maximum atomic E-state index is 9.57. The van der Waals surface area contributed by atoms with Gasteiger partial charge in [0.05, 0.1) is 39.9 Å². The first-order valence-electron chi connectivity index (χ1n) is 9.15. The Morgan fingerprint density at radius 3 is 2.24 bits per heavy atom. The zero-order valence-corrected chi connectivity index (χ0v) is 15.4. The third-order valence-electron chi connectivity index (χ3n) is 5.27. The van der Waals surface area contributed by atoms with Gasteiger partial charge in [0, 0.05) is 10.8 Å². The predicted molar refractivity (Wildman–Crippen MR) is 116 cm³/mol. The van der Waals surface area contributed by atoms with Gasteiger partial charge in [0.1, 0.15) is 5.82 Å². The van der Waals surface area contributed by atoms with Crippen LogP contribution in [0.2, 0.25) is 0 Å². The Kier molecular flexibility index (Phi) is 3.66. The molecule has 1 aromatic heterocycles. The van der Waals surface area contributed by atoms with Gasteiger partial charge in [-0.05, 0) is 34.5 Å². The van der Waals surface area contributed by atoms with E-state index in [1.54, 1.807) is 18.2 Å². The van der Waals surface area contributed by atoms with Crippen LogP contribution in [0.15, 0.2) is 67.2 Å². The molecule has 4 nitrogen and oxygen atoms in total. The largest absolute Gasteiger partial charge is 0.337 e. The van der Waals surface area contributed by atoms with Crippen LogP contribution in [-0.4, -0.2) is 9.97 Å². The van der Waals surface area contributed by atoms with E-state index >= 15 is 0 Å². The predicted octanol–water partition coefficient (Wildman–Crippen LogP) is 5.92. The molecule has 0 amide bonds. The van der Waals surface area contributed by atoms with Gasteiger partial charge in [-0.1, -0.05) is 55.1 Å². The van der Waals surface area contributed by atoms with Crippen molar-refractivity contribution in [2.24, 2.45) is 0 Å². The van der Waals surface area contributed by atoms with E-state index in [9.17, 15) is 10.5 Å². The molecule has 0 spiro atoms. The summed E-state index contributed by atoms with van der Waals surface area (Å²) in [5, 5.41) is 23.4. The third kappa shape index (κ3) is 2.41. The summed E-state index contributed by atoms with van der Waals surface area (Å²) in [6, 6.07) is 23.8. The number of aromatic amines is 1. The van der Waals surface area contributed by atoms with E-state index in [1.807, 2.05) is 30.3 Å². The van der Waals surface area contributed by atoms with Crippen LogP contribution >= 0.6 is 0 Å². The normalized spacial score (nSPS) is 10.8. The van der Waals surface area contributed by atoms with Crippen LogP contribution in [0.5, 0.6) is 0 Å². The van der Waals surface area contributed by atoms with Crippen LogP contribution in [0.4, 0.5) is 0 Å². The lowest BCUT2D eigenvalue weighted by Crippen LogP contribution is -1.91. The highest BCUT2D eigenvalue weighted by Gasteiger charge is 2.18. The highest BCUT2D eigenvalue weighted by Crippen LogP contribution is 2.36. The second kappa shape index (κ2) is 6.34. The summed E-state index contributed by atoms with van der Waals surface area (Å²) in [6.45, 7) is 3.88. The molecule has 5 aromatic rings. The van der Waals surface area contributed by atoms with Crippen molar-refractivity contribution in [3.05, 3.63) is 83.9 Å². The first-order chi connectivity index (χ1) is 14.2. The minimum Gasteiger partial charge on any atom is -0.337 e. The van der Waals surface area contributed by atoms with Gasteiger partial charge in [0.2, 0.25) is 0 Å². The summed E-state index contributed by atoms with van der Waals surface area (Å²) in [5.74, 6) is 0.527. The number of fused-ring (bicyclic) bond motifs is 6. The van der Waals surface area contributed by atoms with Gasteiger partial charge in [0.15, 0.2) is 0 Å². The lowest BCUT2D eigenvalue weighted by molar-refractivity contribution is 1.31. The summed E-state index contributed by atoms with van der Waals surface area (Å²) in [5.41, 5.74) is 4.14. The quantitative estimate of drug-likeness (QED) is 0.392. The topological polar surface area (TPSA) is 76.3 Å². The van der Waals surface area contributed by atoms with Crippen LogP contribution in [-0.2, 0) is 0 Å². The number of benzene rings is 4. The van der Waals surface area contributed by atoms with Crippen LogP contribution in [0.25, 0.3) is 50.0 Å². The number of hydrogen-bond donors (Lipinski definition) is 1. The van der Waals surface area contributed by atoms with E-state index in [0.29, 0.717) is 22.5 Å².